The van der Waals surface area contributed by atoms with E-state index >= 15 is 0 Å². The number of alkyl halides is 3. The normalized spacial score (nSPS) is 10.5. The second kappa shape index (κ2) is 17.8. The van der Waals surface area contributed by atoms with E-state index < -0.39 is 11.7 Å². The summed E-state index contributed by atoms with van der Waals surface area (Å²) in [5, 5.41) is 8.13. The first-order valence-electron chi connectivity index (χ1n) is 6.26. The predicted octanol–water partition coefficient (Wildman–Crippen LogP) is 4.64. The molecule has 142 valence electrons. The number of halogens is 3. The van der Waals surface area contributed by atoms with Crippen LogP contribution in [0.4, 0.5) is 18.9 Å². The van der Waals surface area contributed by atoms with Crippen molar-refractivity contribution in [2.75, 3.05) is 6.54 Å². The van der Waals surface area contributed by atoms with Gasteiger partial charge in [-0.15, -0.1) is 18.3 Å². The fourth-order valence-corrected chi connectivity index (χ4v) is 1.55. The number of hydrogen-bond acceptors (Lipinski definition) is 1. The van der Waals surface area contributed by atoms with Gasteiger partial charge in [0.05, 0.1) is 5.56 Å². The van der Waals surface area contributed by atoms with E-state index in [2.05, 4.69) is 10.6 Å². The Morgan fingerprint density at radius 2 is 1.44 bits per heavy atom. The molecule has 0 aliphatic heterocycles. The van der Waals surface area contributed by atoms with Crippen LogP contribution >= 0.6 is 0 Å². The Balaban J connectivity index is -0.000000267. The third-order valence-corrected chi connectivity index (χ3v) is 2.78. The Bertz CT molecular complexity index is 459. The van der Waals surface area contributed by atoms with Crippen LogP contribution in [0.1, 0.15) is 26.3 Å². The zero-order valence-corrected chi connectivity index (χ0v) is 28.3. The van der Waals surface area contributed by atoms with Crippen LogP contribution in [0.2, 0.25) is 0 Å². The molecule has 3 nitrogen and oxygen atoms in total. The molecule has 0 fully saturated rings. The Hall–Kier alpha value is 1.72. The topological polar surface area (TPSA) is 45.3 Å². The minimum Gasteiger partial charge on any atom is -0.683 e. The standard InChI is InChI=1S/C14H18F3N2O.5W/c1-9(2)13(8-18-10(3)20)19-12-6-4-11(5-7-12)14(15,16)17;;;;;/h4-7,9,13H,8H2,1-3H3,(H,18,20);;;;;/q-1;;;;;/p-1/t13-;;;;;/m0...../s1. The molecule has 1 rings (SSSR count). The van der Waals surface area contributed by atoms with Crippen LogP contribution < -0.4 is 0 Å². The first-order valence-corrected chi connectivity index (χ1v) is 6.26. The fraction of sp³-hybridized carbons (Fsp3) is 0.500. The van der Waals surface area contributed by atoms with Crippen molar-refractivity contribution in [2.24, 2.45) is 5.92 Å². The molecule has 0 bridgehead atoms. The summed E-state index contributed by atoms with van der Waals surface area (Å²) in [5.41, 5.74) is -0.249. The monoisotopic (exact) mass is 1210 g/mol. The van der Waals surface area contributed by atoms with Gasteiger partial charge in [0.2, 0.25) is 0 Å². The molecule has 0 N–H and O–H groups in total. The Morgan fingerprint density at radius 1 is 1.00 bits per heavy atom. The maximum atomic E-state index is 12.4. The van der Waals surface area contributed by atoms with Gasteiger partial charge in [0.15, 0.2) is 0 Å². The van der Waals surface area contributed by atoms with Gasteiger partial charge in [-0.05, 0) is 6.92 Å². The van der Waals surface area contributed by atoms with Crippen LogP contribution in [0.25, 0.3) is 10.6 Å². The molecule has 0 saturated carbocycles. The van der Waals surface area contributed by atoms with Crippen LogP contribution in [0.5, 0.6) is 0 Å². The van der Waals surface area contributed by atoms with Crippen LogP contribution in [-0.4, -0.2) is 18.5 Å². The van der Waals surface area contributed by atoms with Crippen LogP contribution in [0.3, 0.4) is 0 Å². The van der Waals surface area contributed by atoms with E-state index in [0.29, 0.717) is 5.69 Å². The van der Waals surface area contributed by atoms with Crippen molar-refractivity contribution in [2.45, 2.75) is 33.0 Å². The van der Waals surface area contributed by atoms with Gasteiger partial charge >= 0.3 is 6.18 Å². The molecular weight excluding hydrogens is 1190 g/mol. The van der Waals surface area contributed by atoms with E-state index in [4.69, 9.17) is 0 Å². The summed E-state index contributed by atoms with van der Waals surface area (Å²) in [7, 11) is 0. The summed E-state index contributed by atoms with van der Waals surface area (Å²) in [6.07, 6.45) is -4.35. The van der Waals surface area contributed by atoms with Crippen molar-refractivity contribution >= 4 is 11.6 Å². The number of rotatable bonds is 5. The maximum Gasteiger partial charge on any atom is 0.416 e. The molecule has 1 atom stereocenters. The summed E-state index contributed by atoms with van der Waals surface area (Å²) in [4.78, 5) is 10.8. The molecule has 11 heteroatoms. The number of carbonyl (C=O) groups is 1. The van der Waals surface area contributed by atoms with Gasteiger partial charge in [-0.2, -0.15) is 13.2 Å². The van der Waals surface area contributed by atoms with Gasteiger partial charge in [-0.25, -0.2) is 0 Å². The fourth-order valence-electron chi connectivity index (χ4n) is 1.55. The van der Waals surface area contributed by atoms with E-state index in [1.54, 1.807) is 0 Å². The molecule has 0 heterocycles. The zero-order chi connectivity index (χ0) is 15.3. The Kier molecular flexibility index (Phi) is 26.7. The minimum absolute atomic E-state index is 0. The molecule has 1 amide bonds. The molecule has 0 radical (unpaired) electrons. The molecular formula is C14H17F3N2OW5-2. The summed E-state index contributed by atoms with van der Waals surface area (Å²) in [6.45, 7) is 5.45. The number of nitrogens with zero attached hydrogens (tertiary/aromatic N) is 2. The second-order valence-corrected chi connectivity index (χ2v) is 4.84. The Morgan fingerprint density at radius 3 is 1.76 bits per heavy atom. The van der Waals surface area contributed by atoms with E-state index in [1.807, 2.05) is 13.8 Å². The van der Waals surface area contributed by atoms with Crippen LogP contribution in [0, 0.1) is 5.92 Å². The van der Waals surface area contributed by atoms with Crippen LogP contribution in [0.15, 0.2) is 24.3 Å². The molecule has 1 aromatic rings. The summed E-state index contributed by atoms with van der Waals surface area (Å²) < 4.78 is 37.3. The first kappa shape index (κ1) is 37.5. The van der Waals surface area contributed by atoms with Crippen molar-refractivity contribution in [1.82, 2.24) is 0 Å². The summed E-state index contributed by atoms with van der Waals surface area (Å²) in [6, 6.07) is 4.42. The summed E-state index contributed by atoms with van der Waals surface area (Å²) in [5.74, 6) is -0.140. The van der Waals surface area contributed by atoms with Crippen LogP contribution in [-0.2, 0) is 116 Å². The summed E-state index contributed by atoms with van der Waals surface area (Å²) >= 11 is 0. The molecule has 25 heavy (non-hydrogen) atoms. The van der Waals surface area contributed by atoms with Crippen molar-refractivity contribution in [3.8, 4) is 0 Å². The molecule has 1 aromatic carbocycles. The van der Waals surface area contributed by atoms with Gasteiger partial charge in [0, 0.05) is 111 Å². The molecule has 0 aliphatic rings. The van der Waals surface area contributed by atoms with Gasteiger partial charge in [-0.1, -0.05) is 44.0 Å². The van der Waals surface area contributed by atoms with Gasteiger partial charge in [0.25, 0.3) is 0 Å². The second-order valence-electron chi connectivity index (χ2n) is 4.84. The van der Waals surface area contributed by atoms with Gasteiger partial charge in [-0.3, -0.25) is 0 Å². The van der Waals surface area contributed by atoms with E-state index in [1.165, 1.54) is 19.1 Å². The van der Waals surface area contributed by atoms with Gasteiger partial charge < -0.3 is 15.4 Å². The van der Waals surface area contributed by atoms with Crippen molar-refractivity contribution < 1.29 is 123 Å². The van der Waals surface area contributed by atoms with Gasteiger partial charge in [0.1, 0.15) is 0 Å². The van der Waals surface area contributed by atoms with Crippen molar-refractivity contribution in [3.05, 3.63) is 40.5 Å². The number of benzene rings is 1. The smallest absolute Gasteiger partial charge is 0.416 e. The number of carbonyl (C=O) groups excluding carboxylic acids is 1. The average molecular weight is 1210 g/mol. The molecule has 0 saturated heterocycles. The van der Waals surface area contributed by atoms with E-state index in [0.717, 1.165) is 12.1 Å². The molecule has 0 aliphatic carbocycles. The average Bonchev–Trinajstić information content (AvgIpc) is 2.33. The van der Waals surface area contributed by atoms with E-state index in [9.17, 15) is 18.0 Å². The minimum atomic E-state index is -4.35. The van der Waals surface area contributed by atoms with Crippen molar-refractivity contribution in [1.29, 1.82) is 0 Å². The Labute approximate surface area is 218 Å². The third-order valence-electron chi connectivity index (χ3n) is 2.78. The zero-order valence-electron chi connectivity index (χ0n) is 13.6. The van der Waals surface area contributed by atoms with E-state index in [-0.39, 0.29) is 130 Å². The molecule has 0 spiro atoms. The third kappa shape index (κ3) is 15.3. The number of hydrogen-bond donors (Lipinski definition) is 0. The molecule has 0 unspecified atom stereocenters. The first-order chi connectivity index (χ1) is 9.20. The maximum absolute atomic E-state index is 12.4. The predicted molar refractivity (Wildman–Crippen MR) is 72.0 cm³/mol. The quantitative estimate of drug-likeness (QED) is 0.425. The number of amides is 1. The largest absolute Gasteiger partial charge is 0.683 e. The molecule has 0 aromatic heterocycles. The SMILES string of the molecule is CC(=O)[N-]C[C@H]([N-]c1ccc(C(F)(F)F)cc1)C(C)C.[W].[W].[W].[W].[W]. The van der Waals surface area contributed by atoms with Crippen molar-refractivity contribution in [3.63, 3.8) is 0 Å².